The van der Waals surface area contributed by atoms with Gasteiger partial charge in [-0.15, -0.1) is 0 Å². The summed E-state index contributed by atoms with van der Waals surface area (Å²) in [4.78, 5) is 23.1. The molecule has 0 aliphatic heterocycles. The molecule has 0 aliphatic carbocycles. The van der Waals surface area contributed by atoms with Crippen LogP contribution >= 0.6 is 34.8 Å². The molecular weight excluding hydrogens is 339 g/mol. The number of nitrogens with one attached hydrogen (secondary N) is 2. The molecule has 0 saturated heterocycles. The van der Waals surface area contributed by atoms with Gasteiger partial charge >= 0.3 is 12.0 Å². The van der Waals surface area contributed by atoms with Crippen LogP contribution < -0.4 is 10.6 Å². The van der Waals surface area contributed by atoms with Crippen LogP contribution in [-0.2, 0) is 4.79 Å². The molecule has 0 radical (unpaired) electrons. The van der Waals surface area contributed by atoms with E-state index in [9.17, 15) is 9.59 Å². The number of carboxylic acids is 1. The Morgan fingerprint density at radius 1 is 1.10 bits per heavy atom. The summed E-state index contributed by atoms with van der Waals surface area (Å²) in [7, 11) is 0. The van der Waals surface area contributed by atoms with E-state index in [0.717, 1.165) is 0 Å². The average Bonchev–Trinajstić information content (AvgIpc) is 2.31. The zero-order chi connectivity index (χ0) is 16.4. The molecule has 0 saturated carbocycles. The third-order valence-corrected chi connectivity index (χ3v) is 3.68. The number of halogens is 3. The molecule has 2 amide bonds. The minimum Gasteiger partial charge on any atom is -0.480 e. The molecule has 1 aromatic rings. The molecule has 21 heavy (non-hydrogen) atoms. The zero-order valence-corrected chi connectivity index (χ0v) is 13.9. The smallest absolute Gasteiger partial charge is 0.326 e. The first kappa shape index (κ1) is 17.9. The van der Waals surface area contributed by atoms with Crippen molar-refractivity contribution in [3.05, 3.63) is 27.2 Å². The summed E-state index contributed by atoms with van der Waals surface area (Å²) < 4.78 is 0. The van der Waals surface area contributed by atoms with Crippen molar-refractivity contribution in [2.24, 2.45) is 5.41 Å². The minimum absolute atomic E-state index is 0.196. The van der Waals surface area contributed by atoms with Gasteiger partial charge in [-0.1, -0.05) is 55.6 Å². The minimum atomic E-state index is -1.13. The monoisotopic (exact) mass is 352 g/mol. The maximum absolute atomic E-state index is 11.9. The SMILES string of the molecule is CC(C)(C)[C@@H](NC(=O)Nc1cc(Cl)c(Cl)cc1Cl)C(=O)O. The van der Waals surface area contributed by atoms with Crippen LogP contribution in [0.3, 0.4) is 0 Å². The number of amides is 2. The number of carbonyl (C=O) groups is 2. The van der Waals surface area contributed by atoms with Crippen molar-refractivity contribution in [2.75, 3.05) is 5.32 Å². The third kappa shape index (κ3) is 4.95. The van der Waals surface area contributed by atoms with Crippen LogP contribution in [0.1, 0.15) is 20.8 Å². The number of hydrogen-bond donors (Lipinski definition) is 3. The Bertz CT molecular complexity index is 571. The van der Waals surface area contributed by atoms with Crippen molar-refractivity contribution in [3.8, 4) is 0 Å². The van der Waals surface area contributed by atoms with Crippen molar-refractivity contribution in [1.29, 1.82) is 0 Å². The first-order valence-corrected chi connectivity index (χ1v) is 7.10. The summed E-state index contributed by atoms with van der Waals surface area (Å²) in [5.74, 6) is -1.13. The van der Waals surface area contributed by atoms with Crippen LogP contribution in [0.15, 0.2) is 12.1 Å². The highest BCUT2D eigenvalue weighted by Crippen LogP contribution is 2.32. The molecule has 0 heterocycles. The van der Waals surface area contributed by atoms with Gasteiger partial charge in [0, 0.05) is 0 Å². The highest BCUT2D eigenvalue weighted by molar-refractivity contribution is 6.44. The van der Waals surface area contributed by atoms with E-state index in [-0.39, 0.29) is 20.8 Å². The van der Waals surface area contributed by atoms with Crippen LogP contribution in [0.25, 0.3) is 0 Å². The van der Waals surface area contributed by atoms with Crippen molar-refractivity contribution in [2.45, 2.75) is 26.8 Å². The van der Waals surface area contributed by atoms with E-state index in [0.29, 0.717) is 0 Å². The Labute approximate surface area is 137 Å². The summed E-state index contributed by atoms with van der Waals surface area (Å²) in [6.45, 7) is 5.12. The normalized spacial score (nSPS) is 12.7. The van der Waals surface area contributed by atoms with Crippen LogP contribution in [0.2, 0.25) is 15.1 Å². The van der Waals surface area contributed by atoms with Gasteiger partial charge in [-0.25, -0.2) is 9.59 Å². The van der Waals surface area contributed by atoms with Gasteiger partial charge in [-0.3, -0.25) is 0 Å². The Balaban J connectivity index is 2.87. The molecular formula is C13H15Cl3N2O3. The van der Waals surface area contributed by atoms with Crippen molar-refractivity contribution >= 4 is 52.5 Å². The Morgan fingerprint density at radius 3 is 2.10 bits per heavy atom. The molecule has 0 aromatic heterocycles. The van der Waals surface area contributed by atoms with E-state index in [1.54, 1.807) is 20.8 Å². The first-order valence-electron chi connectivity index (χ1n) is 5.97. The molecule has 1 rings (SSSR count). The quantitative estimate of drug-likeness (QED) is 0.710. The van der Waals surface area contributed by atoms with Crippen molar-refractivity contribution in [3.63, 3.8) is 0 Å². The molecule has 5 nitrogen and oxygen atoms in total. The molecule has 1 aromatic carbocycles. The molecule has 0 aliphatic rings. The van der Waals surface area contributed by atoms with Gasteiger partial charge in [0.25, 0.3) is 0 Å². The van der Waals surface area contributed by atoms with Gasteiger partial charge in [0.1, 0.15) is 6.04 Å². The molecule has 116 valence electrons. The molecule has 0 unspecified atom stereocenters. The van der Waals surface area contributed by atoms with Crippen molar-refractivity contribution in [1.82, 2.24) is 5.32 Å². The van der Waals surface area contributed by atoms with Crippen LogP contribution in [0, 0.1) is 5.41 Å². The molecule has 8 heteroatoms. The average molecular weight is 354 g/mol. The fourth-order valence-corrected chi connectivity index (χ4v) is 2.15. The topological polar surface area (TPSA) is 78.4 Å². The standard InChI is InChI=1S/C13H15Cl3N2O3/c1-13(2,3)10(11(19)20)18-12(21)17-9-5-7(15)6(14)4-8(9)16/h4-5,10H,1-3H3,(H,19,20)(H2,17,18,21)/t10-/m0/s1. The Kier molecular flexibility index (Phi) is 5.73. The summed E-state index contributed by atoms with van der Waals surface area (Å²) >= 11 is 17.6. The molecule has 0 fully saturated rings. The van der Waals surface area contributed by atoms with Gasteiger partial charge in [0.2, 0.25) is 0 Å². The van der Waals surface area contributed by atoms with Gasteiger partial charge in [0.15, 0.2) is 0 Å². The Morgan fingerprint density at radius 2 is 1.62 bits per heavy atom. The second kappa shape index (κ2) is 6.73. The number of carbonyl (C=O) groups excluding carboxylic acids is 1. The fraction of sp³-hybridized carbons (Fsp3) is 0.385. The van der Waals surface area contributed by atoms with E-state index in [2.05, 4.69) is 10.6 Å². The number of rotatable bonds is 3. The van der Waals surface area contributed by atoms with Crippen LogP contribution in [0.5, 0.6) is 0 Å². The summed E-state index contributed by atoms with van der Waals surface area (Å²) in [5.41, 5.74) is -0.411. The second-order valence-electron chi connectivity index (χ2n) is 5.48. The second-order valence-corrected chi connectivity index (χ2v) is 6.70. The number of carboxylic acid groups (broad SMARTS) is 1. The summed E-state index contributed by atoms with van der Waals surface area (Å²) in [6, 6.07) is 1.02. The fourth-order valence-electron chi connectivity index (χ4n) is 1.56. The molecule has 0 bridgehead atoms. The zero-order valence-electron chi connectivity index (χ0n) is 11.6. The van der Waals surface area contributed by atoms with Crippen LogP contribution in [-0.4, -0.2) is 23.1 Å². The van der Waals surface area contributed by atoms with Gasteiger partial charge in [-0.2, -0.15) is 0 Å². The maximum atomic E-state index is 11.9. The number of aliphatic carboxylic acids is 1. The van der Waals surface area contributed by atoms with E-state index >= 15 is 0 Å². The molecule has 3 N–H and O–H groups in total. The molecule has 0 spiro atoms. The lowest BCUT2D eigenvalue weighted by molar-refractivity contribution is -0.141. The van der Waals surface area contributed by atoms with Gasteiger partial charge < -0.3 is 15.7 Å². The highest BCUT2D eigenvalue weighted by Gasteiger charge is 2.32. The summed E-state index contributed by atoms with van der Waals surface area (Å²) in [6.07, 6.45) is 0. The summed E-state index contributed by atoms with van der Waals surface area (Å²) in [5, 5.41) is 14.7. The predicted octanol–water partition coefficient (Wildman–Crippen LogP) is 4.27. The number of urea groups is 1. The Hall–Kier alpha value is -1.17. The van der Waals surface area contributed by atoms with Crippen molar-refractivity contribution < 1.29 is 14.7 Å². The van der Waals surface area contributed by atoms with E-state index < -0.39 is 23.5 Å². The van der Waals surface area contributed by atoms with Crippen LogP contribution in [0.4, 0.5) is 10.5 Å². The largest absolute Gasteiger partial charge is 0.480 e. The highest BCUT2D eigenvalue weighted by atomic mass is 35.5. The van der Waals surface area contributed by atoms with Gasteiger partial charge in [0.05, 0.1) is 20.8 Å². The molecule has 1 atom stereocenters. The van der Waals surface area contributed by atoms with E-state index in [1.807, 2.05) is 0 Å². The van der Waals surface area contributed by atoms with E-state index in [4.69, 9.17) is 39.9 Å². The lowest BCUT2D eigenvalue weighted by Crippen LogP contribution is -2.50. The number of benzene rings is 1. The first-order chi connectivity index (χ1) is 9.52. The van der Waals surface area contributed by atoms with E-state index in [1.165, 1.54) is 12.1 Å². The lowest BCUT2D eigenvalue weighted by Gasteiger charge is -2.27. The van der Waals surface area contributed by atoms with Gasteiger partial charge in [-0.05, 0) is 17.5 Å². The number of hydrogen-bond acceptors (Lipinski definition) is 2. The maximum Gasteiger partial charge on any atom is 0.326 e. The number of anilines is 1. The lowest BCUT2D eigenvalue weighted by atomic mass is 9.87. The predicted molar refractivity (Wildman–Crippen MR) is 84.5 cm³/mol. The third-order valence-electron chi connectivity index (χ3n) is 2.65.